The molecule has 0 unspecified atom stereocenters. The van der Waals surface area contributed by atoms with Crippen molar-refractivity contribution in [1.82, 2.24) is 0 Å². The first-order chi connectivity index (χ1) is 5.78. The van der Waals surface area contributed by atoms with E-state index in [9.17, 15) is 14.4 Å². The molecule has 0 aromatic heterocycles. The van der Waals surface area contributed by atoms with E-state index < -0.39 is 36.4 Å². The molecular formula is C6H20Cl2MgO13. The molecule has 0 bridgehead atoms. The van der Waals surface area contributed by atoms with Crippen molar-refractivity contribution in [2.45, 2.75) is 18.4 Å². The molecule has 0 spiro atoms. The van der Waals surface area contributed by atoms with E-state index in [1.165, 1.54) is 0 Å². The topological polar surface area (TPSA) is 321 Å². The number of hydrogen-bond acceptors (Lipinski definition) is 4. The van der Waals surface area contributed by atoms with Crippen LogP contribution in [0.25, 0.3) is 0 Å². The molecular weight excluding hydrogens is 375 g/mol. The summed E-state index contributed by atoms with van der Waals surface area (Å²) in [6, 6.07) is 0. The Bertz CT molecular complexity index is 247. The Balaban J connectivity index is -0.0000000200. The zero-order valence-corrected chi connectivity index (χ0v) is 13.8. The normalized spacial score (nSPS) is 6.41. The molecule has 0 radical (unpaired) electrons. The van der Waals surface area contributed by atoms with Crippen LogP contribution in [0.2, 0.25) is 0 Å². The van der Waals surface area contributed by atoms with Gasteiger partial charge in [-0.1, -0.05) is 0 Å². The van der Waals surface area contributed by atoms with Crippen molar-refractivity contribution in [1.29, 1.82) is 0 Å². The first kappa shape index (κ1) is 68.4. The second kappa shape index (κ2) is 28.6. The second-order valence-electron chi connectivity index (χ2n) is 2.48. The van der Waals surface area contributed by atoms with Crippen molar-refractivity contribution < 1.29 is 92.5 Å². The fourth-order valence-corrected chi connectivity index (χ4v) is 0.714. The largest absolute Gasteiger partial charge is 2.00 e. The van der Waals surface area contributed by atoms with Gasteiger partial charge >= 0.3 is 41.0 Å². The van der Waals surface area contributed by atoms with Crippen molar-refractivity contribution in [2.75, 3.05) is 0 Å². The molecule has 0 saturated heterocycles. The molecule has 16 heteroatoms. The number of carbonyl (C=O) groups is 3. The van der Waals surface area contributed by atoms with E-state index in [-0.39, 0.29) is 80.7 Å². The first-order valence-electron chi connectivity index (χ1n) is 3.17. The van der Waals surface area contributed by atoms with Crippen LogP contribution in [-0.2, 0) is 14.4 Å². The first-order valence-corrected chi connectivity index (χ1v) is 3.17. The van der Waals surface area contributed by atoms with Crippen LogP contribution in [0.3, 0.4) is 0 Å². The van der Waals surface area contributed by atoms with E-state index in [0.29, 0.717) is 0 Å². The molecule has 0 atom stereocenters. The summed E-state index contributed by atoms with van der Waals surface area (Å²) in [5.41, 5.74) is -2.74. The van der Waals surface area contributed by atoms with Crippen molar-refractivity contribution >= 4 is 41.0 Å². The van der Waals surface area contributed by atoms with Gasteiger partial charge in [-0.3, -0.25) is 9.59 Å². The van der Waals surface area contributed by atoms with Gasteiger partial charge in [0.1, 0.15) is 0 Å². The number of aliphatic carboxylic acids is 3. The molecule has 138 valence electrons. The monoisotopic (exact) mass is 394 g/mol. The van der Waals surface area contributed by atoms with E-state index in [1.807, 2.05) is 0 Å². The van der Waals surface area contributed by atoms with Gasteiger partial charge in [-0.2, -0.15) is 0 Å². The van der Waals surface area contributed by atoms with Gasteiger partial charge in [-0.15, -0.1) is 0 Å². The summed E-state index contributed by atoms with van der Waals surface area (Å²) in [5.74, 6) is -5.02. The Kier molecular flexibility index (Phi) is 88.9. The van der Waals surface area contributed by atoms with Gasteiger partial charge < -0.3 is 78.1 Å². The quantitative estimate of drug-likeness (QED) is 0.325. The molecule has 0 aliphatic rings. The number of aliphatic hydroxyl groups is 1. The average Bonchev–Trinajstić information content (AvgIpc) is 1.82. The van der Waals surface area contributed by atoms with Crippen LogP contribution in [0, 0.1) is 0 Å². The Labute approximate surface area is 152 Å². The SMILES string of the molecule is O.O.O.O.O.O.O=C(O)CC(O)(CC(=O)O)C(=O)O.[Cl-].[Cl-].[Mg+2]. The molecule has 0 saturated carbocycles. The van der Waals surface area contributed by atoms with Gasteiger partial charge in [0, 0.05) is 0 Å². The zero-order chi connectivity index (χ0) is 10.6. The van der Waals surface area contributed by atoms with Crippen molar-refractivity contribution in [3.05, 3.63) is 0 Å². The maximum absolute atomic E-state index is 10.3. The van der Waals surface area contributed by atoms with Crippen molar-refractivity contribution in [2.24, 2.45) is 0 Å². The molecule has 0 aromatic carbocycles. The molecule has 0 aliphatic carbocycles. The molecule has 16 N–H and O–H groups in total. The number of hydrogen-bond donors (Lipinski definition) is 4. The second-order valence-corrected chi connectivity index (χ2v) is 2.48. The van der Waals surface area contributed by atoms with Crippen molar-refractivity contribution in [3.8, 4) is 0 Å². The summed E-state index contributed by atoms with van der Waals surface area (Å²) in [6.07, 6.45) is -2.29. The molecule has 0 amide bonds. The summed E-state index contributed by atoms with van der Waals surface area (Å²) < 4.78 is 0. The van der Waals surface area contributed by atoms with Crippen LogP contribution in [0.1, 0.15) is 12.8 Å². The van der Waals surface area contributed by atoms with Gasteiger partial charge in [-0.25, -0.2) is 4.79 Å². The van der Waals surface area contributed by atoms with Crippen LogP contribution in [0.15, 0.2) is 0 Å². The van der Waals surface area contributed by atoms with Crippen LogP contribution in [0.4, 0.5) is 0 Å². The third kappa shape index (κ3) is 27.8. The van der Waals surface area contributed by atoms with Crippen molar-refractivity contribution in [3.63, 3.8) is 0 Å². The number of halogens is 2. The van der Waals surface area contributed by atoms with Crippen LogP contribution >= 0.6 is 0 Å². The maximum atomic E-state index is 10.3. The number of carboxylic acids is 3. The van der Waals surface area contributed by atoms with Crippen LogP contribution < -0.4 is 24.8 Å². The Hall–Kier alpha value is -0.524. The Morgan fingerprint density at radius 2 is 0.864 bits per heavy atom. The third-order valence-corrected chi connectivity index (χ3v) is 1.29. The van der Waals surface area contributed by atoms with E-state index in [1.54, 1.807) is 0 Å². The maximum Gasteiger partial charge on any atom is 2.00 e. The Morgan fingerprint density at radius 1 is 0.682 bits per heavy atom. The third-order valence-electron chi connectivity index (χ3n) is 1.29. The van der Waals surface area contributed by atoms with Gasteiger partial charge in [0.25, 0.3) is 0 Å². The average molecular weight is 395 g/mol. The summed E-state index contributed by atoms with van der Waals surface area (Å²) in [7, 11) is 0. The zero-order valence-electron chi connectivity index (χ0n) is 10.9. The summed E-state index contributed by atoms with van der Waals surface area (Å²) >= 11 is 0. The minimum absolute atomic E-state index is 0. The number of carboxylic acid groups (broad SMARTS) is 3. The van der Waals surface area contributed by atoms with Gasteiger partial charge in [0.2, 0.25) is 0 Å². The fourth-order valence-electron chi connectivity index (χ4n) is 0.714. The van der Waals surface area contributed by atoms with E-state index in [2.05, 4.69) is 0 Å². The van der Waals surface area contributed by atoms with Gasteiger partial charge in [0.15, 0.2) is 5.60 Å². The molecule has 13 nitrogen and oxygen atoms in total. The number of rotatable bonds is 5. The predicted octanol–water partition coefficient (Wildman–Crippen LogP) is -12.6. The molecule has 0 rings (SSSR count). The minimum Gasteiger partial charge on any atom is -1.00 e. The Morgan fingerprint density at radius 3 is 0.955 bits per heavy atom. The summed E-state index contributed by atoms with van der Waals surface area (Å²) in [5, 5.41) is 33.8. The van der Waals surface area contributed by atoms with Gasteiger partial charge in [-0.05, 0) is 0 Å². The minimum atomic E-state index is -2.74. The fraction of sp³-hybridized carbons (Fsp3) is 0.500. The molecule has 0 aromatic rings. The van der Waals surface area contributed by atoms with E-state index in [4.69, 9.17) is 20.4 Å². The smallest absolute Gasteiger partial charge is 1.00 e. The predicted molar refractivity (Wildman–Crippen MR) is 64.5 cm³/mol. The molecule has 22 heavy (non-hydrogen) atoms. The summed E-state index contributed by atoms with van der Waals surface area (Å²) in [6.45, 7) is 0. The van der Waals surface area contributed by atoms with Crippen LogP contribution in [0.5, 0.6) is 0 Å². The van der Waals surface area contributed by atoms with E-state index in [0.717, 1.165) is 0 Å². The standard InChI is InChI=1S/C6H8O7.2ClH.Mg.6H2O/c7-3(8)1-6(13,5(11)12)2-4(9)10;;;;;;;;;/h13H,1-2H2,(H,7,8)(H,9,10)(H,11,12);2*1H;;6*1H2/q;;;+2;;;;;;/p-2. The molecule has 0 heterocycles. The van der Waals surface area contributed by atoms with Crippen LogP contribution in [-0.4, -0.2) is 99.8 Å². The molecule has 0 fully saturated rings. The van der Waals surface area contributed by atoms with Gasteiger partial charge in [0.05, 0.1) is 12.8 Å². The summed E-state index contributed by atoms with van der Waals surface area (Å²) in [4.78, 5) is 30.5. The molecule has 0 aliphatic heterocycles. The van der Waals surface area contributed by atoms with E-state index >= 15 is 0 Å².